The molecule has 2 amide bonds. The van der Waals surface area contributed by atoms with E-state index in [4.69, 9.17) is 0 Å². The summed E-state index contributed by atoms with van der Waals surface area (Å²) in [6, 6.07) is 13.8. The smallest absolute Gasteiger partial charge is 0.237 e. The van der Waals surface area contributed by atoms with Gasteiger partial charge in [0.25, 0.3) is 0 Å². The Bertz CT molecular complexity index is 787. The van der Waals surface area contributed by atoms with E-state index in [1.54, 1.807) is 0 Å². The SMILES string of the molecule is CCc1ccc(NC(=O)CSC(C)C(=O)Nc2c(C)cccc2CC)cc1. The van der Waals surface area contributed by atoms with Crippen molar-refractivity contribution in [1.29, 1.82) is 0 Å². The van der Waals surface area contributed by atoms with Crippen LogP contribution in [-0.2, 0) is 22.4 Å². The number of thioether (sulfide) groups is 1. The molecule has 2 aromatic carbocycles. The van der Waals surface area contributed by atoms with Gasteiger partial charge in [-0.2, -0.15) is 0 Å². The van der Waals surface area contributed by atoms with Crippen molar-refractivity contribution >= 4 is 35.0 Å². The summed E-state index contributed by atoms with van der Waals surface area (Å²) in [5.74, 6) is 0.0524. The molecular weight excluding hydrogens is 356 g/mol. The molecule has 2 N–H and O–H groups in total. The first-order chi connectivity index (χ1) is 12.9. The molecule has 4 nitrogen and oxygen atoms in total. The maximum Gasteiger partial charge on any atom is 0.237 e. The van der Waals surface area contributed by atoms with Crippen LogP contribution in [0.2, 0.25) is 0 Å². The molecule has 0 saturated carbocycles. The zero-order valence-electron chi connectivity index (χ0n) is 16.5. The van der Waals surface area contributed by atoms with Gasteiger partial charge < -0.3 is 10.6 Å². The van der Waals surface area contributed by atoms with Gasteiger partial charge in [0.15, 0.2) is 0 Å². The van der Waals surface area contributed by atoms with Crippen molar-refractivity contribution in [3.8, 4) is 0 Å². The van der Waals surface area contributed by atoms with E-state index in [1.807, 2.05) is 56.3 Å². The van der Waals surface area contributed by atoms with Crippen LogP contribution in [0.25, 0.3) is 0 Å². The van der Waals surface area contributed by atoms with Crippen LogP contribution in [-0.4, -0.2) is 22.8 Å². The minimum Gasteiger partial charge on any atom is -0.325 e. The van der Waals surface area contributed by atoms with Crippen molar-refractivity contribution in [1.82, 2.24) is 0 Å². The Morgan fingerprint density at radius 3 is 2.33 bits per heavy atom. The van der Waals surface area contributed by atoms with Gasteiger partial charge in [0.1, 0.15) is 0 Å². The molecule has 0 heterocycles. The molecule has 144 valence electrons. The van der Waals surface area contributed by atoms with Crippen LogP contribution in [0.4, 0.5) is 11.4 Å². The van der Waals surface area contributed by atoms with Crippen LogP contribution in [0.15, 0.2) is 42.5 Å². The molecule has 0 aliphatic carbocycles. The Morgan fingerprint density at radius 2 is 1.70 bits per heavy atom. The first kappa shape index (κ1) is 21.0. The Balaban J connectivity index is 1.86. The van der Waals surface area contributed by atoms with E-state index < -0.39 is 0 Å². The molecular formula is C22H28N2O2S. The van der Waals surface area contributed by atoms with E-state index in [-0.39, 0.29) is 22.8 Å². The number of carbonyl (C=O) groups is 2. The van der Waals surface area contributed by atoms with Gasteiger partial charge in [0.05, 0.1) is 11.0 Å². The topological polar surface area (TPSA) is 58.2 Å². The van der Waals surface area contributed by atoms with E-state index >= 15 is 0 Å². The van der Waals surface area contributed by atoms with E-state index in [2.05, 4.69) is 24.5 Å². The third kappa shape index (κ3) is 6.14. The minimum atomic E-state index is -0.317. The van der Waals surface area contributed by atoms with Gasteiger partial charge in [-0.3, -0.25) is 9.59 Å². The third-order valence-electron chi connectivity index (χ3n) is 4.47. The predicted molar refractivity (Wildman–Crippen MR) is 116 cm³/mol. The maximum absolute atomic E-state index is 12.5. The van der Waals surface area contributed by atoms with Crippen LogP contribution in [0, 0.1) is 6.92 Å². The van der Waals surface area contributed by atoms with Gasteiger partial charge in [0.2, 0.25) is 11.8 Å². The lowest BCUT2D eigenvalue weighted by Gasteiger charge is -2.16. The molecule has 0 fully saturated rings. The number of nitrogens with one attached hydrogen (secondary N) is 2. The number of carbonyl (C=O) groups excluding carboxylic acids is 2. The van der Waals surface area contributed by atoms with Gasteiger partial charge in [-0.05, 0) is 55.5 Å². The highest BCUT2D eigenvalue weighted by atomic mass is 32.2. The van der Waals surface area contributed by atoms with Crippen LogP contribution in [0.5, 0.6) is 0 Å². The molecule has 0 radical (unpaired) electrons. The molecule has 0 aliphatic heterocycles. The minimum absolute atomic E-state index is 0.0795. The predicted octanol–water partition coefficient (Wildman–Crippen LogP) is 4.82. The van der Waals surface area contributed by atoms with Crippen LogP contribution in [0.1, 0.15) is 37.5 Å². The summed E-state index contributed by atoms with van der Waals surface area (Å²) in [5, 5.41) is 5.58. The second-order valence-electron chi connectivity index (χ2n) is 6.50. The van der Waals surface area contributed by atoms with Crippen molar-refractivity contribution in [2.45, 2.75) is 45.8 Å². The molecule has 0 bridgehead atoms. The zero-order chi connectivity index (χ0) is 19.8. The highest BCUT2D eigenvalue weighted by molar-refractivity contribution is 8.01. The first-order valence-electron chi connectivity index (χ1n) is 9.34. The summed E-state index contributed by atoms with van der Waals surface area (Å²) in [6.45, 7) is 7.98. The molecule has 0 aliphatic rings. The Kier molecular flexibility index (Phi) is 7.92. The number of para-hydroxylation sites is 1. The highest BCUT2D eigenvalue weighted by Gasteiger charge is 2.17. The molecule has 1 atom stereocenters. The van der Waals surface area contributed by atoms with Crippen molar-refractivity contribution in [2.75, 3.05) is 16.4 Å². The van der Waals surface area contributed by atoms with E-state index in [1.165, 1.54) is 17.3 Å². The average Bonchev–Trinajstić information content (AvgIpc) is 2.68. The number of amides is 2. The van der Waals surface area contributed by atoms with Gasteiger partial charge >= 0.3 is 0 Å². The van der Waals surface area contributed by atoms with Crippen molar-refractivity contribution in [3.63, 3.8) is 0 Å². The summed E-state index contributed by atoms with van der Waals surface area (Å²) in [4.78, 5) is 24.7. The fourth-order valence-corrected chi connectivity index (χ4v) is 3.41. The van der Waals surface area contributed by atoms with Gasteiger partial charge in [-0.15, -0.1) is 11.8 Å². The molecule has 5 heteroatoms. The number of anilines is 2. The third-order valence-corrected chi connectivity index (χ3v) is 5.61. The lowest BCUT2D eigenvalue weighted by Crippen LogP contribution is -2.25. The summed E-state index contributed by atoms with van der Waals surface area (Å²) in [5.41, 5.74) is 5.07. The Labute approximate surface area is 166 Å². The van der Waals surface area contributed by atoms with E-state index in [0.29, 0.717) is 0 Å². The average molecular weight is 385 g/mol. The Morgan fingerprint density at radius 1 is 1.00 bits per heavy atom. The molecule has 2 aromatic rings. The molecule has 0 saturated heterocycles. The zero-order valence-corrected chi connectivity index (χ0v) is 17.3. The summed E-state index contributed by atoms with van der Waals surface area (Å²) in [6.07, 6.45) is 1.83. The first-order valence-corrected chi connectivity index (χ1v) is 10.4. The van der Waals surface area contributed by atoms with Crippen molar-refractivity contribution < 1.29 is 9.59 Å². The number of hydrogen-bond acceptors (Lipinski definition) is 3. The lowest BCUT2D eigenvalue weighted by molar-refractivity contribution is -0.115. The standard InChI is InChI=1S/C22H28N2O2S/c1-5-17-10-12-19(13-11-17)23-20(25)14-27-16(4)22(26)24-21-15(3)8-7-9-18(21)6-2/h7-13,16H,5-6,14H2,1-4H3,(H,23,25)(H,24,26). The van der Waals surface area contributed by atoms with Gasteiger partial charge in [0, 0.05) is 11.4 Å². The van der Waals surface area contributed by atoms with Crippen molar-refractivity contribution in [2.24, 2.45) is 0 Å². The summed E-state index contributed by atoms with van der Waals surface area (Å²) < 4.78 is 0. The second kappa shape index (κ2) is 10.2. The summed E-state index contributed by atoms with van der Waals surface area (Å²) >= 11 is 1.33. The molecule has 1 unspecified atom stereocenters. The maximum atomic E-state index is 12.5. The number of hydrogen-bond donors (Lipinski definition) is 2. The van der Waals surface area contributed by atoms with E-state index in [0.717, 1.165) is 35.3 Å². The van der Waals surface area contributed by atoms with Gasteiger partial charge in [-0.25, -0.2) is 0 Å². The largest absolute Gasteiger partial charge is 0.325 e. The summed E-state index contributed by atoms with van der Waals surface area (Å²) in [7, 11) is 0. The number of rotatable bonds is 8. The highest BCUT2D eigenvalue weighted by Crippen LogP contribution is 2.23. The molecule has 0 spiro atoms. The monoisotopic (exact) mass is 384 g/mol. The van der Waals surface area contributed by atoms with Crippen LogP contribution < -0.4 is 10.6 Å². The molecule has 0 aromatic heterocycles. The van der Waals surface area contributed by atoms with E-state index in [9.17, 15) is 9.59 Å². The quantitative estimate of drug-likeness (QED) is 0.686. The second-order valence-corrected chi connectivity index (χ2v) is 7.83. The number of benzene rings is 2. The van der Waals surface area contributed by atoms with Crippen molar-refractivity contribution in [3.05, 3.63) is 59.2 Å². The fraction of sp³-hybridized carbons (Fsp3) is 0.364. The van der Waals surface area contributed by atoms with Gasteiger partial charge in [-0.1, -0.05) is 44.2 Å². The lowest BCUT2D eigenvalue weighted by atomic mass is 10.1. The number of aryl methyl sites for hydroxylation is 3. The fourth-order valence-electron chi connectivity index (χ4n) is 2.72. The molecule has 2 rings (SSSR count). The Hall–Kier alpha value is -2.27. The van der Waals surface area contributed by atoms with Crippen LogP contribution in [0.3, 0.4) is 0 Å². The van der Waals surface area contributed by atoms with Crippen LogP contribution >= 0.6 is 11.8 Å². The normalized spacial score (nSPS) is 11.7. The molecule has 27 heavy (non-hydrogen) atoms.